The van der Waals surface area contributed by atoms with E-state index in [1.54, 1.807) is 11.3 Å². The highest BCUT2D eigenvalue weighted by atomic mass is 79.9. The number of hydrogen-bond acceptors (Lipinski definition) is 4. The molecule has 1 heterocycles. The van der Waals surface area contributed by atoms with Crippen molar-refractivity contribution in [2.75, 3.05) is 6.61 Å². The van der Waals surface area contributed by atoms with E-state index in [9.17, 15) is 4.79 Å². The van der Waals surface area contributed by atoms with E-state index in [0.717, 1.165) is 29.9 Å². The van der Waals surface area contributed by atoms with E-state index in [2.05, 4.69) is 108 Å². The van der Waals surface area contributed by atoms with Gasteiger partial charge in [-0.15, -0.1) is 11.3 Å². The van der Waals surface area contributed by atoms with E-state index in [0.29, 0.717) is 5.75 Å². The van der Waals surface area contributed by atoms with Gasteiger partial charge < -0.3 is 9.47 Å². The molecule has 7 heteroatoms. The third kappa shape index (κ3) is 4.76. The number of ether oxygens (including phenoxy) is 2. The van der Waals surface area contributed by atoms with Crippen LogP contribution in [0.1, 0.15) is 20.8 Å². The van der Waals surface area contributed by atoms with Crippen LogP contribution in [-0.4, -0.2) is 18.2 Å². The Morgan fingerprint density at radius 2 is 1.49 bits per heavy atom. The lowest BCUT2D eigenvalue weighted by Crippen LogP contribution is -2.27. The van der Waals surface area contributed by atoms with Gasteiger partial charge in [-0.3, -0.25) is 0 Å². The smallest absolute Gasteiger partial charge is 0.344 e. The van der Waals surface area contributed by atoms with Gasteiger partial charge in [0.1, 0.15) is 11.4 Å². The van der Waals surface area contributed by atoms with Crippen LogP contribution in [-0.2, 0) is 9.53 Å². The Labute approximate surface area is 232 Å². The molecule has 0 aliphatic heterocycles. The maximum atomic E-state index is 12.2. The summed E-state index contributed by atoms with van der Waals surface area (Å²) in [7, 11) is 0. The van der Waals surface area contributed by atoms with Crippen LogP contribution in [0.2, 0.25) is 0 Å². The molecular weight excluding hydrogens is 656 g/mol. The second-order valence-corrected chi connectivity index (χ2v) is 12.7. The van der Waals surface area contributed by atoms with Gasteiger partial charge >= 0.3 is 5.97 Å². The van der Waals surface area contributed by atoms with Crippen LogP contribution in [0.4, 0.5) is 0 Å². The van der Waals surface area contributed by atoms with Crippen LogP contribution < -0.4 is 4.74 Å². The molecule has 0 spiro atoms. The maximum absolute atomic E-state index is 12.2. The molecule has 0 radical (unpaired) electrons. The first-order valence-corrected chi connectivity index (χ1v) is 14.2. The van der Waals surface area contributed by atoms with Gasteiger partial charge in [-0.25, -0.2) is 4.79 Å². The molecule has 0 atom stereocenters. The molecule has 0 aliphatic carbocycles. The average molecular weight is 677 g/mol. The first-order chi connectivity index (χ1) is 16.6. The minimum absolute atomic E-state index is 0.172. The van der Waals surface area contributed by atoms with Crippen LogP contribution in [0, 0.1) is 0 Å². The van der Waals surface area contributed by atoms with Gasteiger partial charge in [0.25, 0.3) is 0 Å². The first kappa shape index (κ1) is 24.8. The molecule has 3 nitrogen and oxygen atoms in total. The van der Waals surface area contributed by atoms with Crippen LogP contribution in [0.5, 0.6) is 5.75 Å². The zero-order valence-corrected chi connectivity index (χ0v) is 24.8. The van der Waals surface area contributed by atoms with E-state index in [-0.39, 0.29) is 6.61 Å². The van der Waals surface area contributed by atoms with E-state index in [1.807, 2.05) is 20.8 Å². The zero-order chi connectivity index (χ0) is 24.9. The standard InChI is InChI=1S/C28H21Br3O3S/c1-28(2,3)34-22(32)14-33-26-19(29)12-15(13-20(26)30)23-16-8-4-5-9-17(16)25(31)27-24(23)18-10-6-7-11-21(18)35-27/h4-13H,14H2,1-3H3. The normalized spacial score (nSPS) is 11.9. The van der Waals surface area contributed by atoms with Crippen molar-refractivity contribution in [1.29, 1.82) is 0 Å². The Kier molecular flexibility index (Phi) is 6.72. The number of carbonyl (C=O) groups excluding carboxylic acids is 1. The molecule has 0 N–H and O–H groups in total. The van der Waals surface area contributed by atoms with Crippen LogP contribution in [0.15, 0.2) is 74.1 Å². The van der Waals surface area contributed by atoms with Gasteiger partial charge in [0.05, 0.1) is 13.6 Å². The van der Waals surface area contributed by atoms with Crippen molar-refractivity contribution in [2.45, 2.75) is 26.4 Å². The Hall–Kier alpha value is -1.93. The van der Waals surface area contributed by atoms with Crippen LogP contribution in [0.25, 0.3) is 42.1 Å². The van der Waals surface area contributed by atoms with Crippen molar-refractivity contribution < 1.29 is 14.3 Å². The lowest BCUT2D eigenvalue weighted by molar-refractivity contribution is -0.157. The zero-order valence-electron chi connectivity index (χ0n) is 19.2. The predicted molar refractivity (Wildman–Crippen MR) is 157 cm³/mol. The first-order valence-electron chi connectivity index (χ1n) is 11.0. The Balaban J connectivity index is 1.68. The van der Waals surface area contributed by atoms with Gasteiger partial charge in [0.2, 0.25) is 0 Å². The van der Waals surface area contributed by atoms with E-state index < -0.39 is 11.6 Å². The molecular formula is C28H21Br3O3S. The number of hydrogen-bond donors (Lipinski definition) is 0. The van der Waals surface area contributed by atoms with E-state index in [4.69, 9.17) is 9.47 Å². The highest BCUT2D eigenvalue weighted by molar-refractivity contribution is 9.11. The molecule has 178 valence electrons. The summed E-state index contributed by atoms with van der Waals surface area (Å²) < 4.78 is 16.3. The number of fused-ring (bicyclic) bond motifs is 4. The van der Waals surface area contributed by atoms with Crippen LogP contribution in [0.3, 0.4) is 0 Å². The largest absolute Gasteiger partial charge is 0.480 e. The predicted octanol–water partition coefficient (Wildman–Crippen LogP) is 9.88. The second kappa shape index (κ2) is 9.51. The fourth-order valence-corrected chi connectivity index (χ4v) is 7.60. The molecule has 4 aromatic carbocycles. The number of carbonyl (C=O) groups is 1. The summed E-state index contributed by atoms with van der Waals surface area (Å²) >= 11 is 13.0. The highest BCUT2D eigenvalue weighted by Crippen LogP contribution is 2.49. The Morgan fingerprint density at radius 1 is 0.886 bits per heavy atom. The second-order valence-electron chi connectivity index (χ2n) is 9.18. The number of halogens is 3. The molecule has 0 fully saturated rings. The Morgan fingerprint density at radius 3 is 2.14 bits per heavy atom. The summed E-state index contributed by atoms with van der Waals surface area (Å²) in [5, 5.41) is 4.78. The third-order valence-electron chi connectivity index (χ3n) is 5.52. The summed E-state index contributed by atoms with van der Waals surface area (Å²) in [4.78, 5) is 12.2. The molecule has 0 amide bonds. The topological polar surface area (TPSA) is 35.5 Å². The minimum Gasteiger partial charge on any atom is -0.480 e. The van der Waals surface area contributed by atoms with Crippen molar-refractivity contribution in [2.24, 2.45) is 0 Å². The molecule has 0 aliphatic rings. The van der Waals surface area contributed by atoms with E-state index >= 15 is 0 Å². The van der Waals surface area contributed by atoms with E-state index in [1.165, 1.54) is 25.6 Å². The van der Waals surface area contributed by atoms with Crippen LogP contribution >= 0.6 is 59.1 Å². The minimum atomic E-state index is -0.559. The Bertz CT molecular complexity index is 1590. The quantitative estimate of drug-likeness (QED) is 0.178. The SMILES string of the molecule is CC(C)(C)OC(=O)COc1c(Br)cc(-c2c3ccccc3c(Br)c3sc4ccccc4c23)cc1Br. The monoisotopic (exact) mass is 674 g/mol. The summed E-state index contributed by atoms with van der Waals surface area (Å²) in [6.45, 7) is 5.34. The number of esters is 1. The molecule has 35 heavy (non-hydrogen) atoms. The van der Waals surface area contributed by atoms with Gasteiger partial charge in [0.15, 0.2) is 6.61 Å². The number of rotatable bonds is 4. The summed E-state index contributed by atoms with van der Waals surface area (Å²) in [6, 6.07) is 21.1. The molecule has 0 bridgehead atoms. The molecule has 0 saturated heterocycles. The average Bonchev–Trinajstić information content (AvgIpc) is 3.17. The molecule has 5 rings (SSSR count). The third-order valence-corrected chi connectivity index (χ3v) is 8.97. The molecule has 5 aromatic rings. The summed E-state index contributed by atoms with van der Waals surface area (Å²) in [5.74, 6) is 0.151. The van der Waals surface area contributed by atoms with Crippen molar-refractivity contribution in [3.63, 3.8) is 0 Å². The fourth-order valence-electron chi connectivity index (χ4n) is 4.24. The molecule has 0 unspecified atom stereocenters. The van der Waals surface area contributed by atoms with Crippen molar-refractivity contribution >= 4 is 96.0 Å². The van der Waals surface area contributed by atoms with Crippen molar-refractivity contribution in [1.82, 2.24) is 0 Å². The lowest BCUT2D eigenvalue weighted by Gasteiger charge is -2.20. The fraction of sp³-hybridized carbons (Fsp3) is 0.179. The highest BCUT2D eigenvalue weighted by Gasteiger charge is 2.21. The van der Waals surface area contributed by atoms with Crippen molar-refractivity contribution in [3.05, 3.63) is 74.1 Å². The summed E-state index contributed by atoms with van der Waals surface area (Å²) in [6.07, 6.45) is 0. The van der Waals surface area contributed by atoms with Gasteiger partial charge in [-0.2, -0.15) is 0 Å². The summed E-state index contributed by atoms with van der Waals surface area (Å²) in [5.41, 5.74) is 1.65. The number of thiophene rings is 1. The van der Waals surface area contributed by atoms with Crippen molar-refractivity contribution in [3.8, 4) is 16.9 Å². The number of benzene rings is 4. The lowest BCUT2D eigenvalue weighted by atomic mass is 9.93. The van der Waals surface area contributed by atoms with Gasteiger partial charge in [-0.1, -0.05) is 42.5 Å². The maximum Gasteiger partial charge on any atom is 0.344 e. The van der Waals surface area contributed by atoms with Gasteiger partial charge in [-0.05, 0) is 109 Å². The molecule has 1 aromatic heterocycles. The van der Waals surface area contributed by atoms with Gasteiger partial charge in [0, 0.05) is 19.9 Å². The molecule has 0 saturated carbocycles.